The number of imidazole rings is 1. The molecule has 1 unspecified atom stereocenters. The van der Waals surface area contributed by atoms with Crippen LogP contribution in [0.15, 0.2) is 30.6 Å². The summed E-state index contributed by atoms with van der Waals surface area (Å²) in [7, 11) is 0. The number of likely N-dealkylation sites (tertiary alicyclic amines) is 1. The Kier molecular flexibility index (Phi) is 6.17. The van der Waals surface area contributed by atoms with Gasteiger partial charge in [0.2, 0.25) is 5.60 Å². The Bertz CT molecular complexity index is 1130. The summed E-state index contributed by atoms with van der Waals surface area (Å²) in [5, 5.41) is 17.4. The van der Waals surface area contributed by atoms with Gasteiger partial charge in [0.05, 0.1) is 11.9 Å². The van der Waals surface area contributed by atoms with Crippen LogP contribution in [0.1, 0.15) is 55.0 Å². The summed E-state index contributed by atoms with van der Waals surface area (Å²) in [6, 6.07) is 5.61. The molecule has 1 aliphatic heterocycles. The second-order valence-electron chi connectivity index (χ2n) is 8.46. The number of fused-ring (bicyclic) bond motifs is 1. The van der Waals surface area contributed by atoms with E-state index in [0.717, 1.165) is 11.3 Å². The number of hydrogen-bond donors (Lipinski definition) is 1. The number of rotatable bonds is 6. The first-order chi connectivity index (χ1) is 15.7. The summed E-state index contributed by atoms with van der Waals surface area (Å²) >= 11 is 0. The Morgan fingerprint density at radius 2 is 1.94 bits per heavy atom. The summed E-state index contributed by atoms with van der Waals surface area (Å²) in [5.74, 6) is 0.0715. The lowest BCUT2D eigenvalue weighted by Gasteiger charge is -2.32. The van der Waals surface area contributed by atoms with E-state index >= 15 is 0 Å². The number of hydrogen-bond acceptors (Lipinski definition) is 5. The molecule has 1 aliphatic rings. The van der Waals surface area contributed by atoms with Crippen LogP contribution in [0.25, 0.3) is 5.65 Å². The van der Waals surface area contributed by atoms with Gasteiger partial charge in [0, 0.05) is 25.8 Å². The van der Waals surface area contributed by atoms with Crippen molar-refractivity contribution < 1.29 is 23.1 Å². The first-order valence-electron chi connectivity index (χ1n) is 11.1. The minimum atomic E-state index is -4.83. The number of carbonyl (C=O) groups is 1. The molecule has 1 N–H and O–H groups in total. The van der Waals surface area contributed by atoms with Crippen LogP contribution in [-0.2, 0) is 18.6 Å². The number of alkyl halides is 3. The smallest absolute Gasteiger partial charge is 0.375 e. The molecule has 1 atom stereocenters. The maximum absolute atomic E-state index is 13.3. The number of nitrogens with zero attached hydrogens (tertiary/aromatic N) is 6. The Morgan fingerprint density at radius 3 is 2.58 bits per heavy atom. The maximum atomic E-state index is 13.3. The third kappa shape index (κ3) is 4.21. The van der Waals surface area contributed by atoms with Gasteiger partial charge in [-0.05, 0) is 43.7 Å². The standard InChI is InChI=1S/C22H27F3N6O2/c1-3-16-19(31-10-6-5-7-18(31)26-16)20(32)29-11-8-15(9-12-29)13-30-14-17(27-28-30)21(33,4-2)22(23,24)25/h5-7,10,14-15,33H,3-4,8-9,11-13H2,1-2H3. The van der Waals surface area contributed by atoms with E-state index in [1.807, 2.05) is 35.7 Å². The molecule has 3 aromatic heterocycles. The Hall–Kier alpha value is -2.95. The molecule has 4 heterocycles. The van der Waals surface area contributed by atoms with Gasteiger partial charge in [0.15, 0.2) is 0 Å². The summed E-state index contributed by atoms with van der Waals surface area (Å²) in [6.45, 7) is 4.68. The zero-order chi connectivity index (χ0) is 23.8. The summed E-state index contributed by atoms with van der Waals surface area (Å²) in [6.07, 6.45) is -0.340. The number of piperidine rings is 1. The number of pyridine rings is 1. The molecule has 0 aliphatic carbocycles. The predicted octanol–water partition coefficient (Wildman–Crippen LogP) is 3.20. The lowest BCUT2D eigenvalue weighted by atomic mass is 9.95. The highest BCUT2D eigenvalue weighted by Crippen LogP contribution is 2.40. The summed E-state index contributed by atoms with van der Waals surface area (Å²) in [5.41, 5.74) is -1.42. The fourth-order valence-electron chi connectivity index (χ4n) is 4.35. The second-order valence-corrected chi connectivity index (χ2v) is 8.46. The van der Waals surface area contributed by atoms with Gasteiger partial charge in [-0.1, -0.05) is 25.1 Å². The number of halogens is 3. The zero-order valence-electron chi connectivity index (χ0n) is 18.6. The average molecular weight is 464 g/mol. The van der Waals surface area contributed by atoms with Crippen molar-refractivity contribution in [2.45, 2.75) is 57.9 Å². The zero-order valence-corrected chi connectivity index (χ0v) is 18.6. The lowest BCUT2D eigenvalue weighted by molar-refractivity contribution is -0.269. The molecule has 3 aromatic rings. The summed E-state index contributed by atoms with van der Waals surface area (Å²) in [4.78, 5) is 19.6. The van der Waals surface area contributed by atoms with Gasteiger partial charge < -0.3 is 10.0 Å². The molecule has 178 valence electrons. The molecule has 33 heavy (non-hydrogen) atoms. The predicted molar refractivity (Wildman–Crippen MR) is 113 cm³/mol. The van der Waals surface area contributed by atoms with Crippen LogP contribution < -0.4 is 0 Å². The quantitative estimate of drug-likeness (QED) is 0.605. The van der Waals surface area contributed by atoms with Gasteiger partial charge >= 0.3 is 6.18 Å². The molecule has 8 nitrogen and oxygen atoms in total. The third-order valence-corrected chi connectivity index (χ3v) is 6.43. The van der Waals surface area contributed by atoms with Crippen LogP contribution in [0.2, 0.25) is 0 Å². The van der Waals surface area contributed by atoms with Crippen LogP contribution in [-0.4, -0.2) is 59.6 Å². The number of aryl methyl sites for hydroxylation is 1. The monoisotopic (exact) mass is 464 g/mol. The molecule has 4 rings (SSSR count). The second kappa shape index (κ2) is 8.77. The van der Waals surface area contributed by atoms with E-state index in [1.54, 1.807) is 4.90 Å². The van der Waals surface area contributed by atoms with Crippen LogP contribution in [0.5, 0.6) is 0 Å². The largest absolute Gasteiger partial charge is 0.423 e. The molecule has 0 saturated carbocycles. The van der Waals surface area contributed by atoms with E-state index in [1.165, 1.54) is 17.8 Å². The van der Waals surface area contributed by atoms with Crippen LogP contribution in [0.3, 0.4) is 0 Å². The van der Waals surface area contributed by atoms with E-state index in [2.05, 4.69) is 15.3 Å². The van der Waals surface area contributed by atoms with E-state index in [0.29, 0.717) is 44.6 Å². The van der Waals surface area contributed by atoms with Crippen molar-refractivity contribution in [3.05, 3.63) is 47.7 Å². The molecule has 1 fully saturated rings. The molecular weight excluding hydrogens is 437 g/mol. The number of aliphatic hydroxyl groups is 1. The van der Waals surface area contributed by atoms with E-state index in [4.69, 9.17) is 0 Å². The van der Waals surface area contributed by atoms with Gasteiger partial charge in [-0.25, -0.2) is 4.98 Å². The minimum Gasteiger partial charge on any atom is -0.375 e. The van der Waals surface area contributed by atoms with Crippen LogP contribution in [0.4, 0.5) is 13.2 Å². The molecule has 0 aromatic carbocycles. The average Bonchev–Trinajstić information content (AvgIpc) is 3.42. The SMILES string of the molecule is CCc1nc2ccccn2c1C(=O)N1CCC(Cn2cc(C(O)(CC)C(F)(F)F)nn2)CC1. The van der Waals surface area contributed by atoms with Crippen molar-refractivity contribution in [2.75, 3.05) is 13.1 Å². The van der Waals surface area contributed by atoms with Crippen molar-refractivity contribution in [2.24, 2.45) is 5.92 Å². The van der Waals surface area contributed by atoms with E-state index in [-0.39, 0.29) is 11.8 Å². The summed E-state index contributed by atoms with van der Waals surface area (Å²) < 4.78 is 43.0. The van der Waals surface area contributed by atoms with Gasteiger partial charge in [-0.15, -0.1) is 5.10 Å². The normalized spacial score (nSPS) is 17.5. The van der Waals surface area contributed by atoms with Crippen molar-refractivity contribution in [3.8, 4) is 0 Å². The molecule has 0 bridgehead atoms. The topological polar surface area (TPSA) is 88.6 Å². The molecule has 1 amide bonds. The first-order valence-corrected chi connectivity index (χ1v) is 11.1. The van der Waals surface area contributed by atoms with Crippen molar-refractivity contribution in [3.63, 3.8) is 0 Å². The van der Waals surface area contributed by atoms with Gasteiger partial charge in [-0.3, -0.25) is 13.9 Å². The lowest BCUT2D eigenvalue weighted by Crippen LogP contribution is -2.42. The highest BCUT2D eigenvalue weighted by Gasteiger charge is 2.55. The molecule has 0 radical (unpaired) electrons. The first kappa shape index (κ1) is 23.2. The number of aromatic nitrogens is 5. The molecule has 1 saturated heterocycles. The van der Waals surface area contributed by atoms with Gasteiger partial charge in [0.25, 0.3) is 5.91 Å². The van der Waals surface area contributed by atoms with Crippen molar-refractivity contribution in [1.82, 2.24) is 29.3 Å². The Morgan fingerprint density at radius 1 is 1.21 bits per heavy atom. The van der Waals surface area contributed by atoms with Crippen LogP contribution in [0, 0.1) is 5.92 Å². The fourth-order valence-corrected chi connectivity index (χ4v) is 4.35. The van der Waals surface area contributed by atoms with Crippen molar-refractivity contribution >= 4 is 11.6 Å². The van der Waals surface area contributed by atoms with Crippen molar-refractivity contribution in [1.29, 1.82) is 0 Å². The Balaban J connectivity index is 1.41. The van der Waals surface area contributed by atoms with E-state index in [9.17, 15) is 23.1 Å². The van der Waals surface area contributed by atoms with Crippen LogP contribution >= 0.6 is 0 Å². The fraction of sp³-hybridized carbons (Fsp3) is 0.545. The molecule has 11 heteroatoms. The Labute approximate surface area is 189 Å². The number of amides is 1. The highest BCUT2D eigenvalue weighted by molar-refractivity contribution is 5.94. The minimum absolute atomic E-state index is 0.0646. The van der Waals surface area contributed by atoms with Gasteiger partial charge in [0.1, 0.15) is 17.0 Å². The molecule has 0 spiro atoms. The maximum Gasteiger partial charge on any atom is 0.423 e. The van der Waals surface area contributed by atoms with Gasteiger partial charge in [-0.2, -0.15) is 13.2 Å². The van der Waals surface area contributed by atoms with E-state index < -0.39 is 23.9 Å². The molecular formula is C22H27F3N6O2. The number of carbonyl (C=O) groups excluding carboxylic acids is 1. The highest BCUT2D eigenvalue weighted by atomic mass is 19.4. The third-order valence-electron chi connectivity index (χ3n) is 6.43.